The second-order valence-electron chi connectivity index (χ2n) is 5.10. The van der Waals surface area contributed by atoms with Gasteiger partial charge in [-0.05, 0) is 12.1 Å². The van der Waals surface area contributed by atoms with Crippen molar-refractivity contribution in [3.05, 3.63) is 39.9 Å². The van der Waals surface area contributed by atoms with Crippen molar-refractivity contribution in [3.63, 3.8) is 0 Å². The molecule has 10 heteroatoms. The molecule has 0 spiro atoms. The largest absolute Gasteiger partial charge is 0.468 e. The van der Waals surface area contributed by atoms with Crippen LogP contribution in [0.2, 0.25) is 0 Å². The molecule has 25 heavy (non-hydrogen) atoms. The average Bonchev–Trinajstić information content (AvgIpc) is 2.65. The number of carbonyl (C=O) groups excluding carboxylic acids is 3. The lowest BCUT2D eigenvalue weighted by atomic mass is 10.2. The van der Waals surface area contributed by atoms with Crippen LogP contribution in [0.25, 0.3) is 0 Å². The summed E-state index contributed by atoms with van der Waals surface area (Å²) in [6, 6.07) is 4.88. The van der Waals surface area contributed by atoms with Gasteiger partial charge in [-0.25, -0.2) is 4.79 Å². The number of amides is 1. The number of hydrogen-bond acceptors (Lipinski definition) is 8. The zero-order chi connectivity index (χ0) is 18.4. The molecule has 1 aromatic carbocycles. The first kappa shape index (κ1) is 18.7. The summed E-state index contributed by atoms with van der Waals surface area (Å²) in [5.74, 6) is -0.976. The summed E-state index contributed by atoms with van der Waals surface area (Å²) in [5, 5.41) is 10.1. The maximum Gasteiger partial charge on any atom is 0.338 e. The van der Waals surface area contributed by atoms with Crippen LogP contribution in [0.15, 0.2) is 24.3 Å². The van der Waals surface area contributed by atoms with Crippen molar-refractivity contribution in [2.45, 2.75) is 5.25 Å². The Morgan fingerprint density at radius 2 is 2.00 bits per heavy atom. The summed E-state index contributed by atoms with van der Waals surface area (Å²) in [6.45, 7) is 0.186. The van der Waals surface area contributed by atoms with E-state index in [0.29, 0.717) is 12.3 Å². The monoisotopic (exact) mass is 368 g/mol. The predicted octanol–water partition coefficient (Wildman–Crippen LogP) is 0.869. The molecule has 134 valence electrons. The molecule has 0 unspecified atom stereocenters. The van der Waals surface area contributed by atoms with Crippen LogP contribution in [-0.4, -0.2) is 65.5 Å². The summed E-state index contributed by atoms with van der Waals surface area (Å²) in [5.41, 5.74) is -0.0349. The molecule has 0 bridgehead atoms. The highest BCUT2D eigenvalue weighted by atomic mass is 32.2. The van der Waals surface area contributed by atoms with Gasteiger partial charge >= 0.3 is 11.9 Å². The van der Waals surface area contributed by atoms with Crippen molar-refractivity contribution >= 4 is 35.3 Å². The van der Waals surface area contributed by atoms with Crippen LogP contribution >= 0.6 is 11.8 Å². The molecule has 0 saturated carbocycles. The maximum atomic E-state index is 12.1. The summed E-state index contributed by atoms with van der Waals surface area (Å²) in [4.78, 5) is 47.0. The highest BCUT2D eigenvalue weighted by Crippen LogP contribution is 2.20. The number of esters is 2. The van der Waals surface area contributed by atoms with Crippen molar-refractivity contribution < 1.29 is 28.8 Å². The molecule has 9 nitrogen and oxygen atoms in total. The first-order valence-corrected chi connectivity index (χ1v) is 8.36. The van der Waals surface area contributed by atoms with Gasteiger partial charge < -0.3 is 14.4 Å². The van der Waals surface area contributed by atoms with Crippen LogP contribution < -0.4 is 0 Å². The second kappa shape index (κ2) is 8.47. The molecule has 1 heterocycles. The number of nitro groups is 1. The van der Waals surface area contributed by atoms with E-state index < -0.39 is 34.6 Å². The fraction of sp³-hybridized carbons (Fsp3) is 0.400. The molecular weight excluding hydrogens is 352 g/mol. The SMILES string of the molecule is COC(=O)[C@@H]1CN(C(=O)COC(=O)c2ccc([N+](=O)[O-])cc2)CCS1. The van der Waals surface area contributed by atoms with Gasteiger partial charge in [0.1, 0.15) is 5.25 Å². The second-order valence-corrected chi connectivity index (χ2v) is 6.41. The number of hydrogen-bond donors (Lipinski definition) is 0. The minimum Gasteiger partial charge on any atom is -0.468 e. The number of nitro benzene ring substituents is 1. The van der Waals surface area contributed by atoms with Gasteiger partial charge in [-0.1, -0.05) is 0 Å². The molecule has 0 radical (unpaired) electrons. The molecule has 1 fully saturated rings. The minimum atomic E-state index is -0.751. The van der Waals surface area contributed by atoms with Gasteiger partial charge in [0, 0.05) is 31.0 Å². The maximum absolute atomic E-state index is 12.1. The van der Waals surface area contributed by atoms with E-state index in [2.05, 4.69) is 4.74 Å². The third-order valence-corrected chi connectivity index (χ3v) is 4.69. The number of benzene rings is 1. The standard InChI is InChI=1S/C15H16N2O7S/c1-23-15(20)12-8-16(6-7-25-12)13(18)9-24-14(19)10-2-4-11(5-3-10)17(21)22/h2-5,12H,6-9H2,1H3/t12-/m0/s1. The van der Waals surface area contributed by atoms with Gasteiger partial charge in [-0.2, -0.15) is 0 Å². The van der Waals surface area contributed by atoms with Crippen molar-refractivity contribution in [1.29, 1.82) is 0 Å². The Morgan fingerprint density at radius 1 is 1.32 bits per heavy atom. The molecule has 0 aromatic heterocycles. The number of thioether (sulfide) groups is 1. The van der Waals surface area contributed by atoms with Gasteiger partial charge in [-0.15, -0.1) is 11.8 Å². The number of carbonyl (C=O) groups is 3. The lowest BCUT2D eigenvalue weighted by molar-refractivity contribution is -0.384. The van der Waals surface area contributed by atoms with Gasteiger partial charge in [-0.3, -0.25) is 19.7 Å². The number of ether oxygens (including phenoxy) is 2. The van der Waals surface area contributed by atoms with Crippen molar-refractivity contribution in [1.82, 2.24) is 4.90 Å². The zero-order valence-electron chi connectivity index (χ0n) is 13.4. The van der Waals surface area contributed by atoms with Gasteiger partial charge in [0.05, 0.1) is 17.6 Å². The van der Waals surface area contributed by atoms with Crippen LogP contribution in [0, 0.1) is 10.1 Å². The normalized spacial score (nSPS) is 16.8. The van der Waals surface area contributed by atoms with Crippen LogP contribution in [0.5, 0.6) is 0 Å². The first-order chi connectivity index (χ1) is 11.9. The van der Waals surface area contributed by atoms with Crippen molar-refractivity contribution in [2.24, 2.45) is 0 Å². The summed E-state index contributed by atoms with van der Waals surface area (Å²) in [7, 11) is 1.29. The van der Waals surface area contributed by atoms with Crippen LogP contribution in [-0.2, 0) is 19.1 Å². The molecule has 0 N–H and O–H groups in total. The Kier molecular flexibility index (Phi) is 6.34. The molecule has 0 aliphatic carbocycles. The van der Waals surface area contributed by atoms with Gasteiger partial charge in [0.2, 0.25) is 0 Å². The molecule has 1 aliphatic heterocycles. The van der Waals surface area contributed by atoms with Crippen LogP contribution in [0.4, 0.5) is 5.69 Å². The van der Waals surface area contributed by atoms with E-state index in [1.807, 2.05) is 0 Å². The lowest BCUT2D eigenvalue weighted by Gasteiger charge is -2.30. The van der Waals surface area contributed by atoms with E-state index >= 15 is 0 Å². The van der Waals surface area contributed by atoms with E-state index in [0.717, 1.165) is 0 Å². The van der Waals surface area contributed by atoms with E-state index in [4.69, 9.17) is 4.74 Å². The van der Waals surface area contributed by atoms with E-state index in [9.17, 15) is 24.5 Å². The third-order valence-electron chi connectivity index (χ3n) is 3.52. The Hall–Kier alpha value is -2.62. The van der Waals surface area contributed by atoms with Crippen LogP contribution in [0.3, 0.4) is 0 Å². The molecule has 1 atom stereocenters. The molecule has 1 aromatic rings. The lowest BCUT2D eigenvalue weighted by Crippen LogP contribution is -2.46. The van der Waals surface area contributed by atoms with E-state index in [-0.39, 0.29) is 17.8 Å². The van der Waals surface area contributed by atoms with Gasteiger partial charge in [0.15, 0.2) is 6.61 Å². The highest BCUT2D eigenvalue weighted by Gasteiger charge is 2.30. The molecular formula is C15H16N2O7S. The molecule has 1 amide bonds. The smallest absolute Gasteiger partial charge is 0.338 e. The number of methoxy groups -OCH3 is 1. The minimum absolute atomic E-state index is 0.111. The third kappa shape index (κ3) is 4.92. The molecule has 2 rings (SSSR count). The first-order valence-electron chi connectivity index (χ1n) is 7.31. The van der Waals surface area contributed by atoms with Crippen LogP contribution in [0.1, 0.15) is 10.4 Å². The van der Waals surface area contributed by atoms with Crippen molar-refractivity contribution in [3.8, 4) is 0 Å². The van der Waals surface area contributed by atoms with Crippen molar-refractivity contribution in [2.75, 3.05) is 32.6 Å². The topological polar surface area (TPSA) is 116 Å². The number of non-ortho nitro benzene ring substituents is 1. The fourth-order valence-electron chi connectivity index (χ4n) is 2.17. The quantitative estimate of drug-likeness (QED) is 0.427. The average molecular weight is 368 g/mol. The van der Waals surface area contributed by atoms with Gasteiger partial charge in [0.25, 0.3) is 11.6 Å². The van der Waals surface area contributed by atoms with E-state index in [1.165, 1.54) is 48.0 Å². The van der Waals surface area contributed by atoms with E-state index in [1.54, 1.807) is 0 Å². The fourth-order valence-corrected chi connectivity index (χ4v) is 3.30. The highest BCUT2D eigenvalue weighted by molar-refractivity contribution is 8.00. The Balaban J connectivity index is 1.87. The Bertz CT molecular complexity index is 677. The summed E-state index contributed by atoms with van der Waals surface area (Å²) >= 11 is 1.41. The molecule has 1 aliphatic rings. The number of rotatable bonds is 5. The Morgan fingerprint density at radius 3 is 2.60 bits per heavy atom. The summed E-state index contributed by atoms with van der Waals surface area (Å²) in [6.07, 6.45) is 0. The summed E-state index contributed by atoms with van der Waals surface area (Å²) < 4.78 is 9.61. The molecule has 1 saturated heterocycles. The zero-order valence-corrected chi connectivity index (χ0v) is 14.2. The predicted molar refractivity (Wildman–Crippen MR) is 88.2 cm³/mol. The Labute approximate surface area is 147 Å². The number of nitrogens with zero attached hydrogens (tertiary/aromatic N) is 2.